The molecule has 1 aromatic carbocycles. The normalized spacial score (nSPS) is 16.7. The Bertz CT molecular complexity index is 714. The molecule has 1 aliphatic heterocycles. The third-order valence-corrected chi connectivity index (χ3v) is 6.64. The van der Waals surface area contributed by atoms with Crippen molar-refractivity contribution < 1.29 is 23.1 Å². The molecule has 27 heavy (non-hydrogen) atoms. The Labute approximate surface area is 166 Å². The van der Waals surface area contributed by atoms with E-state index in [4.69, 9.17) is 25.4 Å². The van der Waals surface area contributed by atoms with Crippen molar-refractivity contribution in [3.8, 4) is 0 Å². The van der Waals surface area contributed by atoms with Crippen molar-refractivity contribution in [1.29, 1.82) is 0 Å². The molecule has 0 N–H and O–H groups in total. The summed E-state index contributed by atoms with van der Waals surface area (Å²) in [5.74, 6) is -0.378. The van der Waals surface area contributed by atoms with Gasteiger partial charge < -0.3 is 13.8 Å². The molecule has 150 valence electrons. The Morgan fingerprint density at radius 1 is 1.15 bits per heavy atom. The molecule has 0 fully saturated rings. The Morgan fingerprint density at radius 2 is 1.81 bits per heavy atom. The first-order chi connectivity index (χ1) is 13.0. The maximum atomic E-state index is 13.6. The van der Waals surface area contributed by atoms with Crippen molar-refractivity contribution in [1.82, 2.24) is 0 Å². The van der Waals surface area contributed by atoms with Crippen molar-refractivity contribution in [2.75, 3.05) is 30.6 Å². The molecule has 1 aliphatic rings. The fourth-order valence-corrected chi connectivity index (χ4v) is 5.20. The smallest absolute Gasteiger partial charge is 0.415 e. The molecule has 0 aliphatic carbocycles. The van der Waals surface area contributed by atoms with Crippen LogP contribution in [-0.2, 0) is 18.3 Å². The highest BCUT2D eigenvalue weighted by molar-refractivity contribution is 7.55. The van der Waals surface area contributed by atoms with Gasteiger partial charge in [0.1, 0.15) is 0 Å². The number of amides is 1. The SMILES string of the molecule is CCOC(=O)N1c2ccccc2C(CCCCl)=CC1P(=O)(OCC)OCC. The molecule has 1 aromatic rings. The molecule has 1 atom stereocenters. The van der Waals surface area contributed by atoms with E-state index in [1.165, 1.54) is 4.90 Å². The van der Waals surface area contributed by atoms with Crippen molar-refractivity contribution in [3.63, 3.8) is 0 Å². The topological polar surface area (TPSA) is 65.1 Å². The third kappa shape index (κ3) is 4.94. The largest absolute Gasteiger partial charge is 0.449 e. The van der Waals surface area contributed by atoms with Gasteiger partial charge in [0, 0.05) is 11.4 Å². The van der Waals surface area contributed by atoms with Crippen LogP contribution in [-0.4, -0.2) is 37.6 Å². The molecule has 0 saturated carbocycles. The summed E-state index contributed by atoms with van der Waals surface area (Å²) in [5, 5.41) is 0. The first-order valence-corrected chi connectivity index (χ1v) is 11.4. The molecule has 0 saturated heterocycles. The van der Waals surface area contributed by atoms with Gasteiger partial charge in [-0.05, 0) is 51.3 Å². The molecule has 1 unspecified atom stereocenters. The van der Waals surface area contributed by atoms with E-state index >= 15 is 0 Å². The molecule has 1 heterocycles. The quantitative estimate of drug-likeness (QED) is 0.384. The van der Waals surface area contributed by atoms with Crippen molar-refractivity contribution in [2.24, 2.45) is 0 Å². The lowest BCUT2D eigenvalue weighted by atomic mass is 9.95. The number of hydrogen-bond acceptors (Lipinski definition) is 5. The van der Waals surface area contributed by atoms with Crippen LogP contribution < -0.4 is 4.90 Å². The van der Waals surface area contributed by atoms with Crippen LogP contribution in [0, 0.1) is 0 Å². The molecule has 8 heteroatoms. The van der Waals surface area contributed by atoms with Crippen molar-refractivity contribution in [2.45, 2.75) is 39.4 Å². The lowest BCUT2D eigenvalue weighted by Gasteiger charge is -2.38. The zero-order valence-corrected chi connectivity index (χ0v) is 17.7. The highest BCUT2D eigenvalue weighted by atomic mass is 35.5. The predicted molar refractivity (Wildman–Crippen MR) is 109 cm³/mol. The lowest BCUT2D eigenvalue weighted by molar-refractivity contribution is 0.156. The number of allylic oxidation sites excluding steroid dienone is 1. The Kier molecular flexibility index (Phi) is 8.36. The van der Waals surface area contributed by atoms with Gasteiger partial charge >= 0.3 is 13.7 Å². The van der Waals surface area contributed by atoms with E-state index in [1.54, 1.807) is 26.8 Å². The van der Waals surface area contributed by atoms with Crippen molar-refractivity contribution >= 4 is 36.6 Å². The van der Waals surface area contributed by atoms with Crippen LogP contribution >= 0.6 is 19.2 Å². The van der Waals surface area contributed by atoms with E-state index in [9.17, 15) is 9.36 Å². The number of hydrogen-bond donors (Lipinski definition) is 0. The van der Waals surface area contributed by atoms with Gasteiger partial charge in [-0.25, -0.2) is 4.79 Å². The molecule has 2 rings (SSSR count). The van der Waals surface area contributed by atoms with E-state index in [1.807, 2.05) is 24.3 Å². The number of rotatable bonds is 9. The molecular weight excluding hydrogens is 389 g/mol. The number of nitrogens with zero attached hydrogens (tertiary/aromatic N) is 1. The maximum absolute atomic E-state index is 13.6. The molecule has 6 nitrogen and oxygen atoms in total. The monoisotopic (exact) mass is 415 g/mol. The van der Waals surface area contributed by atoms with E-state index in [0.29, 0.717) is 18.0 Å². The van der Waals surface area contributed by atoms with Crippen LogP contribution in [0.2, 0.25) is 0 Å². The van der Waals surface area contributed by atoms with Gasteiger partial charge in [-0.15, -0.1) is 11.6 Å². The number of alkyl halides is 1. The summed E-state index contributed by atoms with van der Waals surface area (Å²) in [6.07, 6.45) is 2.69. The Morgan fingerprint density at radius 3 is 2.41 bits per heavy atom. The zero-order chi connectivity index (χ0) is 19.9. The summed E-state index contributed by atoms with van der Waals surface area (Å²) in [5.41, 5.74) is 2.50. The number of halogens is 1. The average molecular weight is 416 g/mol. The van der Waals surface area contributed by atoms with Crippen LogP contribution in [0.5, 0.6) is 0 Å². The van der Waals surface area contributed by atoms with Crippen LogP contribution in [0.3, 0.4) is 0 Å². The number of ether oxygens (including phenoxy) is 1. The van der Waals surface area contributed by atoms with Gasteiger partial charge in [0.25, 0.3) is 0 Å². The highest BCUT2D eigenvalue weighted by Gasteiger charge is 2.45. The number of para-hydroxylation sites is 1. The fraction of sp³-hybridized carbons (Fsp3) is 0.526. The van der Waals surface area contributed by atoms with Gasteiger partial charge in [0.15, 0.2) is 5.78 Å². The number of carbonyl (C=O) groups excluding carboxylic acids is 1. The van der Waals surface area contributed by atoms with Gasteiger partial charge in [-0.3, -0.25) is 9.46 Å². The zero-order valence-electron chi connectivity index (χ0n) is 16.0. The maximum Gasteiger partial charge on any atom is 0.415 e. The molecule has 1 amide bonds. The number of benzene rings is 1. The second-order valence-electron chi connectivity index (χ2n) is 5.86. The van der Waals surface area contributed by atoms with E-state index in [0.717, 1.165) is 17.6 Å². The van der Waals surface area contributed by atoms with Gasteiger partial charge in [-0.2, -0.15) is 0 Å². The highest BCUT2D eigenvalue weighted by Crippen LogP contribution is 2.58. The van der Waals surface area contributed by atoms with Gasteiger partial charge in [0.2, 0.25) is 0 Å². The minimum Gasteiger partial charge on any atom is -0.449 e. The van der Waals surface area contributed by atoms with Crippen LogP contribution in [0.25, 0.3) is 5.57 Å². The van der Waals surface area contributed by atoms with E-state index in [2.05, 4.69) is 0 Å². The number of anilines is 1. The van der Waals surface area contributed by atoms with E-state index in [-0.39, 0.29) is 19.8 Å². The van der Waals surface area contributed by atoms with Gasteiger partial charge in [-0.1, -0.05) is 18.2 Å². The molecule has 0 radical (unpaired) electrons. The van der Waals surface area contributed by atoms with Crippen LogP contribution in [0.15, 0.2) is 30.3 Å². The fourth-order valence-electron chi connectivity index (χ4n) is 3.10. The summed E-state index contributed by atoms with van der Waals surface area (Å²) in [7, 11) is -3.64. The Balaban J connectivity index is 2.61. The summed E-state index contributed by atoms with van der Waals surface area (Å²) >= 11 is 5.88. The number of carbonyl (C=O) groups is 1. The van der Waals surface area contributed by atoms with Crippen LogP contribution in [0.4, 0.5) is 10.5 Å². The summed E-state index contributed by atoms with van der Waals surface area (Å²) in [4.78, 5) is 14.2. The summed E-state index contributed by atoms with van der Waals surface area (Å²) in [6, 6.07) is 7.49. The minimum atomic E-state index is -3.64. The standard InChI is InChI=1S/C19H27ClNO5P/c1-4-24-19(22)21-17-12-8-7-11-16(17)15(10-9-13-20)14-18(21)27(23,25-5-2)26-6-3/h7-8,11-12,14,18H,4-6,9-10,13H2,1-3H3. The second-order valence-corrected chi connectivity index (χ2v) is 8.36. The van der Waals surface area contributed by atoms with Crippen LogP contribution in [0.1, 0.15) is 39.2 Å². The average Bonchev–Trinajstić information content (AvgIpc) is 2.66. The number of fused-ring (bicyclic) bond motifs is 1. The first-order valence-electron chi connectivity index (χ1n) is 9.23. The summed E-state index contributed by atoms with van der Waals surface area (Å²) in [6.45, 7) is 5.84. The predicted octanol–water partition coefficient (Wildman–Crippen LogP) is 5.66. The summed E-state index contributed by atoms with van der Waals surface area (Å²) < 4.78 is 29.9. The van der Waals surface area contributed by atoms with E-state index < -0.39 is 19.5 Å². The minimum absolute atomic E-state index is 0.205. The molecule has 0 spiro atoms. The van der Waals surface area contributed by atoms with Gasteiger partial charge in [0.05, 0.1) is 25.5 Å². The molecule has 0 bridgehead atoms. The second kappa shape index (κ2) is 10.3. The third-order valence-electron chi connectivity index (χ3n) is 4.11. The van der Waals surface area contributed by atoms with Crippen molar-refractivity contribution in [3.05, 3.63) is 35.9 Å². The molecular formula is C19H27ClNO5P. The lowest BCUT2D eigenvalue weighted by Crippen LogP contribution is -2.43. The Hall–Kier alpha value is -1.33. The first kappa shape index (κ1) is 22.0. The molecule has 0 aromatic heterocycles.